The highest BCUT2D eigenvalue weighted by Crippen LogP contribution is 2.32. The van der Waals surface area contributed by atoms with Gasteiger partial charge >= 0.3 is 0 Å². The molecule has 1 aliphatic heterocycles. The number of nitrogens with zero attached hydrogens (tertiary/aromatic N) is 1. The second kappa shape index (κ2) is 4.85. The van der Waals surface area contributed by atoms with Crippen LogP contribution in [-0.2, 0) is 10.2 Å². The number of carbonyl (C=O) groups is 1. The van der Waals surface area contributed by atoms with Gasteiger partial charge in [0.1, 0.15) is 6.29 Å². The summed E-state index contributed by atoms with van der Waals surface area (Å²) in [4.78, 5) is 14.0. The largest absolute Gasteiger partial charge is 0.302 e. The molecule has 0 radical (unpaired) electrons. The van der Waals surface area contributed by atoms with Crippen molar-refractivity contribution >= 4 is 6.29 Å². The highest BCUT2D eigenvalue weighted by molar-refractivity contribution is 5.68. The summed E-state index contributed by atoms with van der Waals surface area (Å²) in [6, 6.07) is 10.1. The monoisotopic (exact) mass is 245 g/mol. The predicted molar refractivity (Wildman–Crippen MR) is 74.7 cm³/mol. The van der Waals surface area contributed by atoms with E-state index in [2.05, 4.69) is 30.9 Å². The van der Waals surface area contributed by atoms with Crippen LogP contribution in [0.15, 0.2) is 30.3 Å². The Balaban J connectivity index is 2.12. The second-order valence-electron chi connectivity index (χ2n) is 6.53. The minimum absolute atomic E-state index is 0.387. The van der Waals surface area contributed by atoms with Crippen LogP contribution in [0.5, 0.6) is 0 Å². The molecule has 0 N–H and O–H groups in total. The molecular formula is C16H23NO. The molecule has 1 aromatic carbocycles. The molecule has 1 aromatic rings. The summed E-state index contributed by atoms with van der Waals surface area (Å²) in [5.41, 5.74) is 1.12. The van der Waals surface area contributed by atoms with E-state index in [1.807, 2.05) is 25.1 Å². The summed E-state index contributed by atoms with van der Waals surface area (Å²) in [5, 5.41) is 0. The molecule has 18 heavy (non-hydrogen) atoms. The van der Waals surface area contributed by atoms with Gasteiger partial charge in [0.25, 0.3) is 0 Å². The van der Waals surface area contributed by atoms with E-state index in [1.54, 1.807) is 0 Å². The third kappa shape index (κ3) is 2.81. The average molecular weight is 245 g/mol. The topological polar surface area (TPSA) is 20.3 Å². The minimum Gasteiger partial charge on any atom is -0.302 e. The Bertz CT molecular complexity index is 412. The zero-order valence-electron chi connectivity index (χ0n) is 11.6. The minimum atomic E-state index is -0.387. The lowest BCUT2D eigenvalue weighted by molar-refractivity contribution is -0.112. The summed E-state index contributed by atoms with van der Waals surface area (Å²) < 4.78 is 0. The molecule has 2 rings (SSSR count). The summed E-state index contributed by atoms with van der Waals surface area (Å²) in [5.74, 6) is 0. The third-order valence-electron chi connectivity index (χ3n) is 4.00. The van der Waals surface area contributed by atoms with Crippen LogP contribution in [0, 0.1) is 5.41 Å². The molecular weight excluding hydrogens is 222 g/mol. The highest BCUT2D eigenvalue weighted by atomic mass is 16.1. The lowest BCUT2D eigenvalue weighted by Crippen LogP contribution is -2.39. The van der Waals surface area contributed by atoms with Gasteiger partial charge in [-0.15, -0.1) is 0 Å². The summed E-state index contributed by atoms with van der Waals surface area (Å²) in [6.45, 7) is 9.65. The van der Waals surface area contributed by atoms with Crippen LogP contribution in [0.3, 0.4) is 0 Å². The van der Waals surface area contributed by atoms with E-state index in [1.165, 1.54) is 6.42 Å². The zero-order valence-corrected chi connectivity index (χ0v) is 11.6. The van der Waals surface area contributed by atoms with E-state index in [0.29, 0.717) is 5.41 Å². The van der Waals surface area contributed by atoms with E-state index in [0.717, 1.165) is 31.5 Å². The average Bonchev–Trinajstić information content (AvgIpc) is 2.69. The molecule has 0 bridgehead atoms. The first kappa shape index (κ1) is 13.3. The van der Waals surface area contributed by atoms with Gasteiger partial charge in [-0.3, -0.25) is 0 Å². The molecule has 0 saturated carbocycles. The Morgan fingerprint density at radius 3 is 2.50 bits per heavy atom. The van der Waals surface area contributed by atoms with Crippen LogP contribution in [0.2, 0.25) is 0 Å². The maximum Gasteiger partial charge on any atom is 0.131 e. The number of carbonyl (C=O) groups excluding carboxylic acids is 1. The van der Waals surface area contributed by atoms with Gasteiger partial charge in [0, 0.05) is 13.1 Å². The molecule has 1 atom stereocenters. The van der Waals surface area contributed by atoms with Crippen LogP contribution in [0.1, 0.15) is 32.8 Å². The Kier molecular flexibility index (Phi) is 3.58. The van der Waals surface area contributed by atoms with Crippen molar-refractivity contribution in [2.45, 2.75) is 32.6 Å². The first-order valence-electron chi connectivity index (χ1n) is 6.69. The SMILES string of the molecule is CC1(C)CCN(CC(C)(C=O)c2ccccc2)C1. The highest BCUT2D eigenvalue weighted by Gasteiger charge is 2.35. The molecule has 0 aromatic heterocycles. The van der Waals surface area contributed by atoms with Gasteiger partial charge in [0.2, 0.25) is 0 Å². The van der Waals surface area contributed by atoms with E-state index in [4.69, 9.17) is 0 Å². The van der Waals surface area contributed by atoms with Gasteiger partial charge in [-0.1, -0.05) is 44.2 Å². The Morgan fingerprint density at radius 2 is 2.00 bits per heavy atom. The summed E-state index contributed by atoms with van der Waals surface area (Å²) in [6.07, 6.45) is 2.32. The molecule has 1 aliphatic rings. The first-order valence-corrected chi connectivity index (χ1v) is 6.69. The molecule has 1 saturated heterocycles. The summed E-state index contributed by atoms with van der Waals surface area (Å²) in [7, 11) is 0. The third-order valence-corrected chi connectivity index (χ3v) is 4.00. The molecule has 1 heterocycles. The fourth-order valence-corrected chi connectivity index (χ4v) is 2.84. The van der Waals surface area contributed by atoms with Crippen molar-refractivity contribution in [3.8, 4) is 0 Å². The van der Waals surface area contributed by atoms with Crippen LogP contribution < -0.4 is 0 Å². The van der Waals surface area contributed by atoms with Gasteiger partial charge < -0.3 is 9.69 Å². The van der Waals surface area contributed by atoms with E-state index in [9.17, 15) is 4.79 Å². The van der Waals surface area contributed by atoms with Gasteiger partial charge in [0.15, 0.2) is 0 Å². The van der Waals surface area contributed by atoms with Crippen LogP contribution in [0.25, 0.3) is 0 Å². The Hall–Kier alpha value is -1.15. The van der Waals surface area contributed by atoms with Crippen molar-refractivity contribution < 1.29 is 4.79 Å². The fraction of sp³-hybridized carbons (Fsp3) is 0.562. The van der Waals surface area contributed by atoms with Crippen molar-refractivity contribution in [3.05, 3.63) is 35.9 Å². The van der Waals surface area contributed by atoms with Crippen molar-refractivity contribution in [2.24, 2.45) is 5.41 Å². The van der Waals surface area contributed by atoms with E-state index in [-0.39, 0.29) is 5.41 Å². The predicted octanol–water partition coefficient (Wildman–Crippen LogP) is 2.88. The summed E-state index contributed by atoms with van der Waals surface area (Å²) >= 11 is 0. The quantitative estimate of drug-likeness (QED) is 0.760. The smallest absolute Gasteiger partial charge is 0.131 e. The van der Waals surface area contributed by atoms with Gasteiger partial charge in [0.05, 0.1) is 5.41 Å². The normalized spacial score (nSPS) is 22.6. The number of hydrogen-bond acceptors (Lipinski definition) is 2. The van der Waals surface area contributed by atoms with Crippen molar-refractivity contribution in [1.82, 2.24) is 4.90 Å². The molecule has 2 nitrogen and oxygen atoms in total. The number of aldehydes is 1. The first-order chi connectivity index (χ1) is 8.45. The Labute approximate surface area is 110 Å². The molecule has 0 spiro atoms. The molecule has 0 aliphatic carbocycles. The van der Waals surface area contributed by atoms with Crippen molar-refractivity contribution in [1.29, 1.82) is 0 Å². The molecule has 1 unspecified atom stereocenters. The molecule has 2 heteroatoms. The lowest BCUT2D eigenvalue weighted by atomic mass is 9.83. The number of benzene rings is 1. The molecule has 1 fully saturated rings. The lowest BCUT2D eigenvalue weighted by Gasteiger charge is -2.30. The standard InChI is InChI=1S/C16H23NO/c1-15(2)9-10-17(11-15)12-16(3,13-18)14-7-5-4-6-8-14/h4-8,13H,9-12H2,1-3H3. The zero-order chi connectivity index (χ0) is 13.2. The van der Waals surface area contributed by atoms with E-state index >= 15 is 0 Å². The molecule has 98 valence electrons. The number of likely N-dealkylation sites (tertiary alicyclic amines) is 1. The maximum atomic E-state index is 11.5. The number of hydrogen-bond donors (Lipinski definition) is 0. The van der Waals surface area contributed by atoms with Crippen molar-refractivity contribution in [3.63, 3.8) is 0 Å². The van der Waals surface area contributed by atoms with Crippen LogP contribution >= 0.6 is 0 Å². The number of rotatable bonds is 4. The van der Waals surface area contributed by atoms with Gasteiger partial charge in [-0.25, -0.2) is 0 Å². The van der Waals surface area contributed by atoms with Crippen LogP contribution in [0.4, 0.5) is 0 Å². The van der Waals surface area contributed by atoms with Gasteiger partial charge in [-0.2, -0.15) is 0 Å². The maximum absolute atomic E-state index is 11.5. The van der Waals surface area contributed by atoms with Crippen molar-refractivity contribution in [2.75, 3.05) is 19.6 Å². The van der Waals surface area contributed by atoms with Crippen LogP contribution in [-0.4, -0.2) is 30.8 Å². The Morgan fingerprint density at radius 1 is 1.33 bits per heavy atom. The molecule has 0 amide bonds. The second-order valence-corrected chi connectivity index (χ2v) is 6.53. The van der Waals surface area contributed by atoms with Gasteiger partial charge in [-0.05, 0) is 30.9 Å². The fourth-order valence-electron chi connectivity index (χ4n) is 2.84. The van der Waals surface area contributed by atoms with E-state index < -0.39 is 0 Å².